The molecule has 60 valence electrons. The van der Waals surface area contributed by atoms with E-state index in [1.165, 1.54) is 0 Å². The predicted molar refractivity (Wildman–Crippen MR) is 24.2 cm³/mol. The second-order valence-electron chi connectivity index (χ2n) is 1.81. The topological polar surface area (TPSA) is 131 Å². The minimum absolute atomic E-state index is 0.991. The number of carboxylic acids is 1. The number of carbonyl (C=O) groups excluding carboxylic acids is 1. The lowest BCUT2D eigenvalue weighted by Crippen LogP contribution is -2.70. The first-order chi connectivity index (χ1) is 4.33. The highest BCUT2D eigenvalue weighted by molar-refractivity contribution is 7.48. The van der Waals surface area contributed by atoms with Crippen LogP contribution in [0.4, 0.5) is 0 Å². The highest BCUT2D eigenvalue weighted by Gasteiger charge is 2.08. The lowest BCUT2D eigenvalue weighted by molar-refractivity contribution is -0.435. The minimum Gasteiger partial charge on any atom is -0.811 e. The molecule has 0 aromatic heterocycles. The second kappa shape index (κ2) is 3.12. The molecule has 0 spiro atoms. The molecular formula is C3H6NO5P-2. The zero-order chi connectivity index (χ0) is 8.36. The summed E-state index contributed by atoms with van der Waals surface area (Å²) >= 11 is 0. The molecule has 1 atom stereocenters. The summed E-state index contributed by atoms with van der Waals surface area (Å²) in [5.41, 5.74) is 2.89. The van der Waals surface area contributed by atoms with E-state index in [-0.39, 0.29) is 0 Å². The summed E-state index contributed by atoms with van der Waals surface area (Å²) in [6.45, 7) is 0. The van der Waals surface area contributed by atoms with Gasteiger partial charge in [0.25, 0.3) is 0 Å². The molecule has 0 fully saturated rings. The van der Waals surface area contributed by atoms with Crippen molar-refractivity contribution in [1.82, 2.24) is 0 Å². The van der Waals surface area contributed by atoms with Crippen LogP contribution in [0.3, 0.4) is 0 Å². The lowest BCUT2D eigenvalue weighted by Gasteiger charge is -2.30. The molecule has 7 heteroatoms. The first-order valence-electron chi connectivity index (χ1n) is 2.38. The van der Waals surface area contributed by atoms with Gasteiger partial charge in [0.2, 0.25) is 0 Å². The van der Waals surface area contributed by atoms with Crippen molar-refractivity contribution >= 4 is 13.6 Å². The van der Waals surface area contributed by atoms with E-state index in [0.29, 0.717) is 0 Å². The molecule has 0 rings (SSSR count). The Labute approximate surface area is 56.8 Å². The van der Waals surface area contributed by atoms with Gasteiger partial charge in [0, 0.05) is 6.16 Å². The molecule has 0 bridgehead atoms. The van der Waals surface area contributed by atoms with Gasteiger partial charge in [0.05, 0.1) is 5.97 Å². The smallest absolute Gasteiger partial charge is 0.129 e. The first kappa shape index (κ1) is 9.58. The van der Waals surface area contributed by atoms with E-state index in [1.54, 1.807) is 0 Å². The molecular weight excluding hydrogens is 161 g/mol. The van der Waals surface area contributed by atoms with Gasteiger partial charge in [-0.05, 0) is 0 Å². The van der Waals surface area contributed by atoms with Crippen molar-refractivity contribution in [2.24, 2.45) is 0 Å². The molecule has 0 unspecified atom stereocenters. The maximum Gasteiger partial charge on any atom is 0.129 e. The fourth-order valence-electron chi connectivity index (χ4n) is 0.344. The van der Waals surface area contributed by atoms with Crippen LogP contribution in [-0.4, -0.2) is 18.2 Å². The van der Waals surface area contributed by atoms with Crippen LogP contribution in [0.1, 0.15) is 0 Å². The van der Waals surface area contributed by atoms with Crippen molar-refractivity contribution in [3.8, 4) is 0 Å². The zero-order valence-electron chi connectivity index (χ0n) is 4.98. The van der Waals surface area contributed by atoms with E-state index in [2.05, 4.69) is 5.73 Å². The molecule has 0 aromatic carbocycles. The molecule has 0 radical (unpaired) electrons. The number of rotatable bonds is 3. The van der Waals surface area contributed by atoms with Crippen molar-refractivity contribution in [3.63, 3.8) is 0 Å². The van der Waals surface area contributed by atoms with E-state index < -0.39 is 25.8 Å². The number of aliphatic carboxylic acids is 1. The second-order valence-corrected chi connectivity index (χ2v) is 3.40. The van der Waals surface area contributed by atoms with Crippen LogP contribution in [-0.2, 0) is 9.36 Å². The summed E-state index contributed by atoms with van der Waals surface area (Å²) in [6.07, 6.45) is -0.991. The fraction of sp³-hybridized carbons (Fsp3) is 0.667. The summed E-state index contributed by atoms with van der Waals surface area (Å²) in [4.78, 5) is 29.6. The first-order valence-corrected chi connectivity index (χ1v) is 4.11. The normalized spacial score (nSPS) is 14.7. The molecule has 0 aliphatic carbocycles. The van der Waals surface area contributed by atoms with E-state index in [9.17, 15) is 24.3 Å². The zero-order valence-corrected chi connectivity index (χ0v) is 5.87. The van der Waals surface area contributed by atoms with Gasteiger partial charge in [-0.1, -0.05) is 7.60 Å². The van der Waals surface area contributed by atoms with Crippen LogP contribution in [0.2, 0.25) is 0 Å². The van der Waals surface area contributed by atoms with Crippen molar-refractivity contribution in [2.75, 3.05) is 6.16 Å². The molecule has 3 N–H and O–H groups in total. The Morgan fingerprint density at radius 1 is 1.60 bits per heavy atom. The van der Waals surface area contributed by atoms with Crippen LogP contribution < -0.4 is 20.6 Å². The van der Waals surface area contributed by atoms with E-state index in [1.807, 2.05) is 0 Å². The third-order valence-corrected chi connectivity index (χ3v) is 1.67. The van der Waals surface area contributed by atoms with E-state index >= 15 is 0 Å². The molecule has 6 nitrogen and oxygen atoms in total. The van der Waals surface area contributed by atoms with Gasteiger partial charge >= 0.3 is 0 Å². The van der Waals surface area contributed by atoms with E-state index in [0.717, 1.165) is 0 Å². The minimum atomic E-state index is -4.76. The molecule has 0 heterocycles. The van der Waals surface area contributed by atoms with Crippen molar-refractivity contribution < 1.29 is 30.0 Å². The third-order valence-electron chi connectivity index (χ3n) is 0.777. The molecule has 0 saturated heterocycles. The highest BCUT2D eigenvalue weighted by Crippen LogP contribution is 2.22. The van der Waals surface area contributed by atoms with Gasteiger partial charge in [-0.25, -0.2) is 0 Å². The van der Waals surface area contributed by atoms with Crippen LogP contribution in [0.25, 0.3) is 0 Å². The number of hydrogen-bond donors (Lipinski definition) is 1. The molecule has 10 heavy (non-hydrogen) atoms. The van der Waals surface area contributed by atoms with E-state index in [4.69, 9.17) is 0 Å². The van der Waals surface area contributed by atoms with Gasteiger partial charge in [-0.3, -0.25) is 0 Å². The number of hydrogen-bond acceptors (Lipinski definition) is 5. The Morgan fingerprint density at radius 3 is 2.10 bits per heavy atom. The number of carbonyl (C=O) groups is 1. The fourth-order valence-corrected chi connectivity index (χ4v) is 1.03. The van der Waals surface area contributed by atoms with Gasteiger partial charge in [-0.2, -0.15) is 0 Å². The van der Waals surface area contributed by atoms with Crippen LogP contribution in [0.5, 0.6) is 0 Å². The largest absolute Gasteiger partial charge is 0.811 e. The van der Waals surface area contributed by atoms with Gasteiger partial charge in [-0.15, -0.1) is 0 Å². The summed E-state index contributed by atoms with van der Waals surface area (Å²) in [7, 11) is -4.76. The van der Waals surface area contributed by atoms with Gasteiger partial charge in [0.1, 0.15) is 6.04 Å². The van der Waals surface area contributed by atoms with Gasteiger partial charge in [0.15, 0.2) is 0 Å². The quantitative estimate of drug-likeness (QED) is 0.421. The molecule has 0 aromatic rings. The summed E-state index contributed by atoms with van der Waals surface area (Å²) in [6, 6.07) is -1.47. The molecule has 0 amide bonds. The Morgan fingerprint density at radius 2 is 2.00 bits per heavy atom. The molecule has 0 saturated carbocycles. The highest BCUT2D eigenvalue weighted by atomic mass is 31.2. The Hall–Kier alpha value is -0.420. The Bertz CT molecular complexity index is 174. The molecule has 0 aliphatic heterocycles. The van der Waals surface area contributed by atoms with Crippen LogP contribution in [0.15, 0.2) is 0 Å². The van der Waals surface area contributed by atoms with Crippen molar-refractivity contribution in [2.45, 2.75) is 6.04 Å². The predicted octanol–water partition coefficient (Wildman–Crippen LogP) is -4.74. The van der Waals surface area contributed by atoms with Crippen LogP contribution in [0, 0.1) is 0 Å². The monoisotopic (exact) mass is 167 g/mol. The molecule has 0 aliphatic rings. The standard InChI is InChI=1S/C3H8NO5P/c4-2(3(5)6)1-10(7,8)9/h2H,1,4H2,(H,5,6)(H2,7,8,9)/p-2/t2-/m0/s1. The Kier molecular flexibility index (Phi) is 2.98. The SMILES string of the molecule is [NH3+][C@@H](CP(=O)([O-])[O-])C(=O)[O-]. The summed E-state index contributed by atoms with van der Waals surface area (Å²) in [5, 5.41) is 9.80. The average Bonchev–Trinajstić information content (AvgIpc) is 1.60. The third kappa shape index (κ3) is 4.46. The Balaban J connectivity index is 3.93. The summed E-state index contributed by atoms with van der Waals surface area (Å²) < 4.78 is 9.89. The maximum atomic E-state index is 9.89. The average molecular weight is 167 g/mol. The number of quaternary nitrogens is 1. The lowest BCUT2D eigenvalue weighted by atomic mass is 10.4. The number of carboxylic acid groups (broad SMARTS) is 1. The van der Waals surface area contributed by atoms with Crippen LogP contribution >= 0.6 is 7.60 Å². The van der Waals surface area contributed by atoms with Crippen molar-refractivity contribution in [1.29, 1.82) is 0 Å². The van der Waals surface area contributed by atoms with Gasteiger partial charge < -0.3 is 30.0 Å². The summed E-state index contributed by atoms with van der Waals surface area (Å²) in [5.74, 6) is -1.63. The van der Waals surface area contributed by atoms with Crippen molar-refractivity contribution in [3.05, 3.63) is 0 Å². The maximum absolute atomic E-state index is 9.89.